The molecule has 1 N–H and O–H groups in total. The summed E-state index contributed by atoms with van der Waals surface area (Å²) in [5.41, 5.74) is 0.961. The second kappa shape index (κ2) is 5.56. The summed E-state index contributed by atoms with van der Waals surface area (Å²) in [5.74, 6) is -0.359. The normalized spacial score (nSPS) is 23.3. The molecule has 5 heteroatoms. The third-order valence-electron chi connectivity index (χ3n) is 4.08. The molecule has 0 heterocycles. The number of aliphatic carboxylic acids is 1. The summed E-state index contributed by atoms with van der Waals surface area (Å²) in [6, 6.07) is 6.99. The molecule has 1 aliphatic rings. The molecule has 1 aromatic rings. The summed E-state index contributed by atoms with van der Waals surface area (Å²) >= 11 is 0. The summed E-state index contributed by atoms with van der Waals surface area (Å²) in [6.45, 7) is 3.67. The first-order chi connectivity index (χ1) is 9.35. The quantitative estimate of drug-likeness (QED) is 0.875. The summed E-state index contributed by atoms with van der Waals surface area (Å²) in [7, 11) is -3.18. The second-order valence-electron chi connectivity index (χ2n) is 5.58. The number of rotatable bonds is 6. The van der Waals surface area contributed by atoms with E-state index in [0.29, 0.717) is 4.90 Å². The molecular weight excluding hydrogens is 276 g/mol. The molecule has 0 amide bonds. The Bertz CT molecular complexity index is 606. The number of carbonyl (C=O) groups is 1. The van der Waals surface area contributed by atoms with Crippen LogP contribution in [0.1, 0.15) is 25.8 Å². The zero-order chi connectivity index (χ0) is 14.9. The van der Waals surface area contributed by atoms with Gasteiger partial charge in [0.15, 0.2) is 9.84 Å². The average Bonchev–Trinajstić information content (AvgIpc) is 3.19. The van der Waals surface area contributed by atoms with E-state index in [-0.39, 0.29) is 23.5 Å². The van der Waals surface area contributed by atoms with Crippen molar-refractivity contribution in [3.63, 3.8) is 0 Å². The molecule has 3 unspecified atom stereocenters. The van der Waals surface area contributed by atoms with Gasteiger partial charge in [-0.25, -0.2) is 8.42 Å². The monoisotopic (exact) mass is 296 g/mol. The fourth-order valence-corrected chi connectivity index (χ4v) is 3.63. The minimum absolute atomic E-state index is 0.0930. The van der Waals surface area contributed by atoms with Gasteiger partial charge >= 0.3 is 5.97 Å². The van der Waals surface area contributed by atoms with E-state index >= 15 is 0 Å². The topological polar surface area (TPSA) is 71.4 Å². The van der Waals surface area contributed by atoms with Crippen molar-refractivity contribution in [1.29, 1.82) is 0 Å². The first-order valence-corrected chi connectivity index (χ1v) is 8.55. The lowest BCUT2D eigenvalue weighted by Gasteiger charge is -2.11. The van der Waals surface area contributed by atoms with Crippen LogP contribution in [0, 0.1) is 17.8 Å². The third kappa shape index (κ3) is 3.20. The van der Waals surface area contributed by atoms with Gasteiger partial charge in [-0.3, -0.25) is 4.79 Å². The maximum atomic E-state index is 11.8. The van der Waals surface area contributed by atoms with Gasteiger partial charge in [-0.1, -0.05) is 26.0 Å². The number of carboxylic acid groups (broad SMARTS) is 1. The van der Waals surface area contributed by atoms with Gasteiger partial charge in [0.25, 0.3) is 0 Å². The van der Waals surface area contributed by atoms with Gasteiger partial charge in [0.2, 0.25) is 0 Å². The number of hydrogen-bond donors (Lipinski definition) is 1. The van der Waals surface area contributed by atoms with Crippen LogP contribution in [-0.2, 0) is 21.1 Å². The van der Waals surface area contributed by atoms with E-state index in [1.807, 2.05) is 13.0 Å². The Balaban J connectivity index is 2.08. The summed E-state index contributed by atoms with van der Waals surface area (Å²) in [4.78, 5) is 11.2. The van der Waals surface area contributed by atoms with Crippen molar-refractivity contribution in [2.45, 2.75) is 31.6 Å². The van der Waals surface area contributed by atoms with Gasteiger partial charge < -0.3 is 5.11 Å². The van der Waals surface area contributed by atoms with Gasteiger partial charge in [-0.05, 0) is 42.4 Å². The molecule has 4 nitrogen and oxygen atoms in total. The van der Waals surface area contributed by atoms with Crippen molar-refractivity contribution >= 4 is 15.8 Å². The Morgan fingerprint density at radius 2 is 2.15 bits per heavy atom. The van der Waals surface area contributed by atoms with E-state index in [1.54, 1.807) is 25.1 Å². The number of sulfone groups is 1. The molecule has 20 heavy (non-hydrogen) atoms. The number of hydrogen-bond acceptors (Lipinski definition) is 3. The summed E-state index contributed by atoms with van der Waals surface area (Å²) < 4.78 is 23.7. The van der Waals surface area contributed by atoms with E-state index in [1.165, 1.54) is 0 Å². The fraction of sp³-hybridized carbons (Fsp3) is 0.533. The van der Waals surface area contributed by atoms with Crippen LogP contribution in [0.2, 0.25) is 0 Å². The lowest BCUT2D eigenvalue weighted by molar-refractivity contribution is -0.139. The molecule has 2 rings (SSSR count). The highest BCUT2D eigenvalue weighted by Gasteiger charge is 2.46. The Morgan fingerprint density at radius 1 is 1.45 bits per heavy atom. The van der Waals surface area contributed by atoms with Crippen molar-refractivity contribution in [2.75, 3.05) is 5.75 Å². The molecule has 0 aliphatic heterocycles. The molecule has 0 radical (unpaired) electrons. The molecule has 0 aromatic heterocycles. The Kier molecular flexibility index (Phi) is 4.18. The van der Waals surface area contributed by atoms with Crippen LogP contribution in [0.5, 0.6) is 0 Å². The van der Waals surface area contributed by atoms with E-state index in [0.717, 1.165) is 18.4 Å². The molecule has 0 saturated heterocycles. The van der Waals surface area contributed by atoms with Gasteiger partial charge in [0.05, 0.1) is 16.6 Å². The fourth-order valence-electron chi connectivity index (χ4n) is 2.68. The molecule has 1 aromatic carbocycles. The average molecular weight is 296 g/mol. The summed E-state index contributed by atoms with van der Waals surface area (Å²) in [6.07, 6.45) is 1.46. The van der Waals surface area contributed by atoms with Crippen molar-refractivity contribution < 1.29 is 18.3 Å². The first-order valence-electron chi connectivity index (χ1n) is 6.89. The minimum Gasteiger partial charge on any atom is -0.481 e. The minimum atomic E-state index is -3.18. The van der Waals surface area contributed by atoms with Gasteiger partial charge in [-0.2, -0.15) is 0 Å². The number of benzene rings is 1. The Morgan fingerprint density at radius 3 is 2.70 bits per heavy atom. The molecule has 3 atom stereocenters. The summed E-state index contributed by atoms with van der Waals surface area (Å²) in [5, 5.41) is 8.94. The van der Waals surface area contributed by atoms with Gasteiger partial charge in [0.1, 0.15) is 0 Å². The van der Waals surface area contributed by atoms with Crippen LogP contribution in [0.15, 0.2) is 29.2 Å². The van der Waals surface area contributed by atoms with Crippen LogP contribution in [0.4, 0.5) is 0 Å². The highest BCUT2D eigenvalue weighted by Crippen LogP contribution is 2.45. The maximum absolute atomic E-state index is 11.8. The predicted octanol–water partition coefficient (Wildman–Crippen LogP) is 2.38. The molecular formula is C15H20O4S. The van der Waals surface area contributed by atoms with Crippen molar-refractivity contribution in [2.24, 2.45) is 17.8 Å². The van der Waals surface area contributed by atoms with Crippen molar-refractivity contribution in [1.82, 2.24) is 0 Å². The lowest BCUT2D eigenvalue weighted by Crippen LogP contribution is -2.09. The van der Waals surface area contributed by atoms with Gasteiger partial charge in [-0.15, -0.1) is 0 Å². The van der Waals surface area contributed by atoms with E-state index in [4.69, 9.17) is 5.11 Å². The predicted molar refractivity (Wildman–Crippen MR) is 76.3 cm³/mol. The maximum Gasteiger partial charge on any atom is 0.306 e. The van der Waals surface area contributed by atoms with Crippen LogP contribution in [0.25, 0.3) is 0 Å². The van der Waals surface area contributed by atoms with Crippen molar-refractivity contribution in [3.05, 3.63) is 29.8 Å². The van der Waals surface area contributed by atoms with E-state index < -0.39 is 15.8 Å². The Hall–Kier alpha value is -1.36. The van der Waals surface area contributed by atoms with Crippen LogP contribution in [-0.4, -0.2) is 25.2 Å². The lowest BCUT2D eigenvalue weighted by atomic mass is 9.95. The van der Waals surface area contributed by atoms with Crippen LogP contribution in [0.3, 0.4) is 0 Å². The standard InChI is InChI=1S/C15H20O4S/c1-3-20(18,19)12-6-4-5-11(8-12)7-10(2)13-9-14(13)15(16)17/h4-6,8,10,13-14H,3,7,9H2,1-2H3,(H,16,17). The first kappa shape index (κ1) is 15.0. The highest BCUT2D eigenvalue weighted by molar-refractivity contribution is 7.91. The van der Waals surface area contributed by atoms with Gasteiger partial charge in [0, 0.05) is 0 Å². The SMILES string of the molecule is CCS(=O)(=O)c1cccc(CC(C)C2CC2C(=O)O)c1. The second-order valence-corrected chi connectivity index (χ2v) is 7.85. The van der Waals surface area contributed by atoms with Crippen LogP contribution < -0.4 is 0 Å². The van der Waals surface area contributed by atoms with E-state index in [2.05, 4.69) is 0 Å². The highest BCUT2D eigenvalue weighted by atomic mass is 32.2. The molecule has 110 valence electrons. The van der Waals surface area contributed by atoms with Crippen molar-refractivity contribution in [3.8, 4) is 0 Å². The molecule has 1 saturated carbocycles. The van der Waals surface area contributed by atoms with Crippen LogP contribution >= 0.6 is 0 Å². The molecule has 0 spiro atoms. The molecule has 1 aliphatic carbocycles. The zero-order valence-corrected chi connectivity index (χ0v) is 12.6. The number of carboxylic acids is 1. The van der Waals surface area contributed by atoms with E-state index in [9.17, 15) is 13.2 Å². The largest absolute Gasteiger partial charge is 0.481 e. The molecule has 0 bridgehead atoms. The Labute approximate surface area is 119 Å². The smallest absolute Gasteiger partial charge is 0.306 e. The zero-order valence-electron chi connectivity index (χ0n) is 11.7. The molecule has 1 fully saturated rings. The third-order valence-corrected chi connectivity index (χ3v) is 5.82.